The van der Waals surface area contributed by atoms with Crippen LogP contribution >= 0.6 is 0 Å². The van der Waals surface area contributed by atoms with Crippen molar-refractivity contribution in [2.75, 3.05) is 0 Å². The fourth-order valence-electron chi connectivity index (χ4n) is 10.1. The van der Waals surface area contributed by atoms with E-state index in [1.54, 1.807) is 0 Å². The van der Waals surface area contributed by atoms with Gasteiger partial charge >= 0.3 is 0 Å². The molecule has 0 fully saturated rings. The molecule has 0 unspecified atom stereocenters. The molecule has 61 heavy (non-hydrogen) atoms. The van der Waals surface area contributed by atoms with E-state index in [1.807, 2.05) is 18.2 Å². The predicted molar refractivity (Wildman–Crippen MR) is 249 cm³/mol. The van der Waals surface area contributed by atoms with Crippen molar-refractivity contribution in [1.82, 2.24) is 14.5 Å². The van der Waals surface area contributed by atoms with Crippen molar-refractivity contribution in [3.05, 3.63) is 210 Å². The lowest BCUT2D eigenvalue weighted by atomic mass is 9.85. The Morgan fingerprint density at radius 1 is 0.377 bits per heavy atom. The molecule has 0 spiro atoms. The van der Waals surface area contributed by atoms with Gasteiger partial charge in [0, 0.05) is 32.5 Å². The van der Waals surface area contributed by atoms with E-state index in [0.29, 0.717) is 17.2 Å². The first kappa shape index (κ1) is 32.7. The lowest BCUT2D eigenvalue weighted by Gasteiger charge is -2.19. The topological polar surface area (TPSA) is 57.0 Å². The Kier molecular flexibility index (Phi) is 6.49. The molecule has 282 valence electrons. The zero-order valence-corrected chi connectivity index (χ0v) is 32.6. The van der Waals surface area contributed by atoms with Gasteiger partial charge in [-0.15, -0.1) is 0 Å². The summed E-state index contributed by atoms with van der Waals surface area (Å²) in [7, 11) is 0. The van der Waals surface area contributed by atoms with Crippen LogP contribution in [0, 0.1) is 0 Å². The average Bonchev–Trinajstić information content (AvgIpc) is 3.96. The highest BCUT2D eigenvalue weighted by atomic mass is 16.3. The second kappa shape index (κ2) is 12.1. The van der Waals surface area contributed by atoms with Gasteiger partial charge in [0.05, 0.1) is 11.0 Å². The first-order valence-electron chi connectivity index (χ1n) is 20.6. The first-order chi connectivity index (χ1) is 30.2. The first-order valence-corrected chi connectivity index (χ1v) is 20.6. The molecule has 9 aromatic carbocycles. The highest BCUT2D eigenvalue weighted by Crippen LogP contribution is 2.50. The number of benzene rings is 9. The summed E-state index contributed by atoms with van der Waals surface area (Å²) in [5.41, 5.74) is 14.6. The molecular formula is C56H31N3O2. The summed E-state index contributed by atoms with van der Waals surface area (Å²) in [6.45, 7) is 0. The Morgan fingerprint density at radius 2 is 1.03 bits per heavy atom. The van der Waals surface area contributed by atoms with Crippen LogP contribution in [0.2, 0.25) is 0 Å². The maximum absolute atomic E-state index is 6.66. The standard InChI is InChI=1S/C56H31N3O2/c1-3-13-32(14-4-1)48-40-21-11-19-34-26-28-44-52(50(34)40)51-41(49(48)33-15-5-2-6-16-33)22-12-23-43(51)59(44)56-57-53(55-54(58-56)39-20-9-10-24-45(39)61-55)37-25-27-38-42-29-35-17-7-8-18-36(35)30-47(42)60-46(38)31-37/h1-31H. The van der Waals surface area contributed by atoms with Gasteiger partial charge in [0.1, 0.15) is 28.0 Å². The van der Waals surface area contributed by atoms with E-state index in [2.05, 4.69) is 174 Å². The third-order valence-electron chi connectivity index (χ3n) is 12.7. The van der Waals surface area contributed by atoms with E-state index in [9.17, 15) is 0 Å². The number of hydrogen-bond donors (Lipinski definition) is 0. The molecule has 1 aliphatic carbocycles. The maximum Gasteiger partial charge on any atom is 0.236 e. The van der Waals surface area contributed by atoms with Crippen molar-refractivity contribution in [2.45, 2.75) is 0 Å². The van der Waals surface area contributed by atoms with Crippen LogP contribution in [0.3, 0.4) is 0 Å². The fraction of sp³-hybridized carbons (Fsp3) is 0. The molecule has 0 bridgehead atoms. The summed E-state index contributed by atoms with van der Waals surface area (Å²) < 4.78 is 15.5. The normalized spacial score (nSPS) is 12.9. The number of nitrogens with zero attached hydrogens (tertiary/aromatic N) is 3. The Labute approximate surface area is 348 Å². The molecule has 0 atom stereocenters. The van der Waals surface area contributed by atoms with Crippen LogP contribution in [0.5, 0.6) is 0 Å². The van der Waals surface area contributed by atoms with E-state index in [0.717, 1.165) is 60.4 Å². The number of aromatic nitrogens is 3. The zero-order chi connectivity index (χ0) is 39.8. The molecule has 14 rings (SSSR count). The molecule has 5 heteroatoms. The summed E-state index contributed by atoms with van der Waals surface area (Å²) in [6, 6.07) is 66.8. The molecule has 0 radical (unpaired) electrons. The monoisotopic (exact) mass is 777 g/mol. The Hall–Kier alpha value is -8.28. The highest BCUT2D eigenvalue weighted by molar-refractivity contribution is 6.31. The number of furan rings is 2. The van der Waals surface area contributed by atoms with Crippen LogP contribution in [0.1, 0.15) is 22.3 Å². The molecule has 13 aromatic rings. The van der Waals surface area contributed by atoms with E-state index in [4.69, 9.17) is 18.8 Å². The fourth-order valence-corrected chi connectivity index (χ4v) is 10.1. The van der Waals surface area contributed by atoms with Crippen molar-refractivity contribution >= 4 is 98.5 Å². The second-order valence-electron chi connectivity index (χ2n) is 16.0. The van der Waals surface area contributed by atoms with Crippen molar-refractivity contribution in [3.63, 3.8) is 0 Å². The number of hydrogen-bond acceptors (Lipinski definition) is 4. The van der Waals surface area contributed by atoms with Crippen LogP contribution in [-0.2, 0) is 0 Å². The van der Waals surface area contributed by atoms with Crippen molar-refractivity contribution in [2.24, 2.45) is 0 Å². The minimum absolute atomic E-state index is 0.577. The predicted octanol–water partition coefficient (Wildman–Crippen LogP) is 14.7. The van der Waals surface area contributed by atoms with Gasteiger partial charge < -0.3 is 8.83 Å². The largest absolute Gasteiger partial charge is 0.456 e. The molecule has 4 heterocycles. The minimum Gasteiger partial charge on any atom is -0.456 e. The van der Waals surface area contributed by atoms with Crippen molar-refractivity contribution in [3.8, 4) is 17.2 Å². The van der Waals surface area contributed by atoms with E-state index >= 15 is 0 Å². The van der Waals surface area contributed by atoms with Crippen molar-refractivity contribution < 1.29 is 8.83 Å². The van der Waals surface area contributed by atoms with Crippen LogP contribution < -0.4 is 0 Å². The van der Waals surface area contributed by atoms with Gasteiger partial charge in [-0.3, -0.25) is 4.57 Å². The third kappa shape index (κ3) is 4.55. The van der Waals surface area contributed by atoms with Gasteiger partial charge in [-0.2, -0.15) is 0 Å². The number of fused-ring (bicyclic) bond motifs is 7. The average molecular weight is 778 g/mol. The van der Waals surface area contributed by atoms with Gasteiger partial charge in [-0.1, -0.05) is 140 Å². The molecule has 5 nitrogen and oxygen atoms in total. The van der Waals surface area contributed by atoms with E-state index in [1.165, 1.54) is 60.3 Å². The second-order valence-corrected chi connectivity index (χ2v) is 16.0. The number of rotatable bonds is 4. The van der Waals surface area contributed by atoms with Gasteiger partial charge in [0.15, 0.2) is 5.58 Å². The molecule has 0 aliphatic heterocycles. The van der Waals surface area contributed by atoms with Crippen LogP contribution in [-0.4, -0.2) is 14.5 Å². The van der Waals surface area contributed by atoms with E-state index in [-0.39, 0.29) is 0 Å². The molecular weight excluding hydrogens is 747 g/mol. The summed E-state index contributed by atoms with van der Waals surface area (Å²) in [6.07, 6.45) is 0. The van der Waals surface area contributed by atoms with Gasteiger partial charge in [-0.25, -0.2) is 9.97 Å². The summed E-state index contributed by atoms with van der Waals surface area (Å²) in [5.74, 6) is 0.577. The van der Waals surface area contributed by atoms with Crippen LogP contribution in [0.15, 0.2) is 197 Å². The summed E-state index contributed by atoms with van der Waals surface area (Å²) in [4.78, 5) is 10.9. The molecule has 0 saturated carbocycles. The van der Waals surface area contributed by atoms with Gasteiger partial charge in [0.2, 0.25) is 5.95 Å². The molecule has 0 N–H and O–H groups in total. The molecule has 4 aromatic heterocycles. The van der Waals surface area contributed by atoms with Crippen LogP contribution in [0.25, 0.3) is 116 Å². The molecule has 0 amide bonds. The lowest BCUT2D eigenvalue weighted by molar-refractivity contribution is 0.666. The smallest absolute Gasteiger partial charge is 0.236 e. The Morgan fingerprint density at radius 3 is 1.84 bits per heavy atom. The zero-order valence-electron chi connectivity index (χ0n) is 32.6. The molecule has 0 saturated heterocycles. The highest BCUT2D eigenvalue weighted by Gasteiger charge is 2.29. The van der Waals surface area contributed by atoms with Crippen molar-refractivity contribution in [1.29, 1.82) is 0 Å². The number of para-hydroxylation sites is 1. The maximum atomic E-state index is 6.66. The Balaban J connectivity index is 1.09. The Bertz CT molecular complexity index is 4040. The van der Waals surface area contributed by atoms with Gasteiger partial charge in [0.25, 0.3) is 0 Å². The van der Waals surface area contributed by atoms with Crippen LogP contribution in [0.4, 0.5) is 0 Å². The van der Waals surface area contributed by atoms with Gasteiger partial charge in [-0.05, 0) is 103 Å². The lowest BCUT2D eigenvalue weighted by Crippen LogP contribution is -2.03. The summed E-state index contributed by atoms with van der Waals surface area (Å²) in [5, 5.41) is 10.2. The molecule has 1 aliphatic rings. The minimum atomic E-state index is 0.577. The quantitative estimate of drug-likeness (QED) is 0.179. The van der Waals surface area contributed by atoms with E-state index < -0.39 is 0 Å². The third-order valence-corrected chi connectivity index (χ3v) is 12.7. The summed E-state index contributed by atoms with van der Waals surface area (Å²) >= 11 is 0. The SMILES string of the molecule is c1ccc(C2=C(c3ccccc3)c3cccc4c3c3c5c2cccc5ccc3n4-c2nc(-c3ccc4c(c3)oc3cc5ccccc5cc34)c3oc4ccccc4c3n2)cc1.